The molecule has 1 aromatic rings. The predicted octanol–water partition coefficient (Wildman–Crippen LogP) is 11.5. The molecule has 0 N–H and O–H groups in total. The van der Waals surface area contributed by atoms with Gasteiger partial charge in [0.15, 0.2) is 8.32 Å². The van der Waals surface area contributed by atoms with E-state index < -0.39 is 84.6 Å². The van der Waals surface area contributed by atoms with Crippen LogP contribution in [0.1, 0.15) is 91.8 Å². The summed E-state index contributed by atoms with van der Waals surface area (Å²) in [6, 6.07) is 2.16. The third-order valence-electron chi connectivity index (χ3n) is 9.92. The number of nitrogens with zero attached hydrogens (tertiary/aromatic N) is 1. The van der Waals surface area contributed by atoms with Gasteiger partial charge in [0.1, 0.15) is 24.6 Å². The number of rotatable bonds is 9. The van der Waals surface area contributed by atoms with Gasteiger partial charge >= 0.3 is 18.3 Å². The van der Waals surface area contributed by atoms with Gasteiger partial charge in [0.25, 0.3) is 0 Å². The van der Waals surface area contributed by atoms with E-state index in [2.05, 4.69) is 4.98 Å². The van der Waals surface area contributed by atoms with Crippen molar-refractivity contribution in [2.75, 3.05) is 6.61 Å². The smallest absolute Gasteiger partial charge is 0.457 e. The molecule has 0 bridgehead atoms. The molecule has 2 heterocycles. The first-order valence-electron chi connectivity index (χ1n) is 17.8. The first-order chi connectivity index (χ1) is 24.5. The topological polar surface area (TPSA) is 101 Å². The van der Waals surface area contributed by atoms with E-state index in [-0.39, 0.29) is 25.0 Å². The highest BCUT2D eigenvalue weighted by Crippen LogP contribution is 2.39. The summed E-state index contributed by atoms with van der Waals surface area (Å²) >= 11 is 18.6. The van der Waals surface area contributed by atoms with Crippen LogP contribution in [0, 0.1) is 24.2 Å². The number of esters is 1. The van der Waals surface area contributed by atoms with Crippen LogP contribution in [-0.4, -0.2) is 66.1 Å². The molecule has 53 heavy (non-hydrogen) atoms. The maximum Gasteiger partial charge on any atom is 0.508 e. The van der Waals surface area contributed by atoms with Crippen LogP contribution < -0.4 is 0 Å². The van der Waals surface area contributed by atoms with Gasteiger partial charge in [0.2, 0.25) is 3.79 Å². The van der Waals surface area contributed by atoms with Crippen molar-refractivity contribution in [2.45, 2.75) is 134 Å². The van der Waals surface area contributed by atoms with Crippen molar-refractivity contribution >= 4 is 78.4 Å². The Balaban J connectivity index is 2.72. The fourth-order valence-electron chi connectivity index (χ4n) is 6.31. The van der Waals surface area contributed by atoms with Crippen molar-refractivity contribution in [3.63, 3.8) is 0 Å². The maximum atomic E-state index is 14.6. The molecule has 2 rings (SSSR count). The lowest BCUT2D eigenvalue weighted by Gasteiger charge is -2.42. The number of hydrogen-bond donors (Lipinski definition) is 0. The Morgan fingerprint density at radius 1 is 1.09 bits per heavy atom. The molecule has 8 nitrogen and oxygen atoms in total. The Kier molecular flexibility index (Phi) is 18.1. The Morgan fingerprint density at radius 3 is 2.25 bits per heavy atom. The molecular formula is C37H53Cl3F3NO7SSi. The molecule has 16 heteroatoms. The van der Waals surface area contributed by atoms with Crippen molar-refractivity contribution in [1.29, 1.82) is 0 Å². The second-order valence-electron chi connectivity index (χ2n) is 14.2. The average molecular weight is 847 g/mol. The third-order valence-corrected chi connectivity index (χ3v) is 15.7. The van der Waals surface area contributed by atoms with Gasteiger partial charge in [-0.3, -0.25) is 9.59 Å². The van der Waals surface area contributed by atoms with Gasteiger partial charge in [-0.2, -0.15) is 13.2 Å². The molecule has 1 aromatic heterocycles. The van der Waals surface area contributed by atoms with Crippen LogP contribution in [0.15, 0.2) is 34.8 Å². The lowest BCUT2D eigenvalue weighted by molar-refractivity contribution is -0.153. The number of ketones is 1. The number of allylic oxidation sites excluding steroid dienone is 3. The van der Waals surface area contributed by atoms with Gasteiger partial charge in [-0.05, 0) is 62.4 Å². The van der Waals surface area contributed by atoms with Gasteiger partial charge in [-0.1, -0.05) is 101 Å². The molecule has 0 spiro atoms. The number of aryl methyl sites for hydroxylation is 1. The molecule has 0 unspecified atom stereocenters. The highest BCUT2D eigenvalue weighted by Gasteiger charge is 2.48. The van der Waals surface area contributed by atoms with Crippen molar-refractivity contribution in [1.82, 2.24) is 4.98 Å². The summed E-state index contributed by atoms with van der Waals surface area (Å²) in [6.07, 6.45) is -4.20. The van der Waals surface area contributed by atoms with E-state index in [1.54, 1.807) is 46.8 Å². The number of carbonyl (C=O) groups excluding carboxylic acids is 3. The second-order valence-corrected chi connectivity index (χ2v) is 22.5. The number of Topliss-reactive ketones (excluding diaryl/α,β-unsaturated/α-hetero) is 1. The standard InChI is InChI=1S/C37H53Cl3F3NO7SSi/c1-10-53(11-2,12-3)51-30-20-31(45)49-29(24(5)19-28-21-52-26(7)44-28)18-17-27(37(41,42)43)16-14-13-15-23(4)32(25(6)33(46)35(30,8)9)50-34(47)48-22-36(38,39)40/h13-14,17,19,21,23,25,29-30,32H,10-12,15-16,18,20,22H2,1-9H3/b14-13+,24-19+,27-17+/t23-,25+,29-,30-,32+/m0/s1. The Labute approximate surface area is 331 Å². The number of alkyl halides is 6. The normalized spacial score (nSPS) is 26.2. The number of aromatic nitrogens is 1. The number of thiazole rings is 1. The average Bonchev–Trinajstić information content (AvgIpc) is 3.48. The molecular weight excluding hydrogens is 794 g/mol. The lowest BCUT2D eigenvalue weighted by atomic mass is 9.73. The van der Waals surface area contributed by atoms with Crippen LogP contribution in [0.5, 0.6) is 0 Å². The molecule has 300 valence electrons. The van der Waals surface area contributed by atoms with Gasteiger partial charge in [0, 0.05) is 22.8 Å². The van der Waals surface area contributed by atoms with Crippen LogP contribution >= 0.6 is 46.1 Å². The zero-order valence-electron chi connectivity index (χ0n) is 31.9. The summed E-state index contributed by atoms with van der Waals surface area (Å²) in [5, 5.41) is 2.61. The Hall–Kier alpha value is -1.90. The van der Waals surface area contributed by atoms with Crippen molar-refractivity contribution < 1.29 is 46.2 Å². The molecule has 0 aromatic carbocycles. The van der Waals surface area contributed by atoms with E-state index in [1.807, 2.05) is 33.1 Å². The molecule has 5 atom stereocenters. The fraction of sp³-hybridized carbons (Fsp3) is 0.676. The van der Waals surface area contributed by atoms with E-state index in [1.165, 1.54) is 17.4 Å². The SMILES string of the molecule is CC[Si](CC)(CC)O[C@H]1CC(=O)O[C@H](/C(C)=C/c2csc(C)n2)C/C=C(/C(F)(F)F)C/C=C/C[C@H](C)[C@@H](OC(=O)OCC(Cl)(Cl)Cl)[C@@H](C)C(=O)C1(C)C. The van der Waals surface area contributed by atoms with E-state index in [0.717, 1.165) is 29.2 Å². The lowest BCUT2D eigenvalue weighted by Crippen LogP contribution is -2.52. The van der Waals surface area contributed by atoms with Gasteiger partial charge in [0.05, 0.1) is 29.1 Å². The summed E-state index contributed by atoms with van der Waals surface area (Å²) < 4.78 is 64.5. The number of hydrogen-bond acceptors (Lipinski definition) is 9. The summed E-state index contributed by atoms with van der Waals surface area (Å²) in [6.45, 7) is 15.6. The van der Waals surface area contributed by atoms with Crippen LogP contribution in [0.25, 0.3) is 6.08 Å². The van der Waals surface area contributed by atoms with Crippen LogP contribution in [0.2, 0.25) is 18.1 Å². The zero-order chi connectivity index (χ0) is 40.4. The first kappa shape index (κ1) is 47.2. The number of halogens is 6. The van der Waals surface area contributed by atoms with Crippen LogP contribution in [-0.2, 0) is 28.2 Å². The third kappa shape index (κ3) is 14.6. The maximum absolute atomic E-state index is 14.6. The molecule has 0 amide bonds. The summed E-state index contributed by atoms with van der Waals surface area (Å²) in [7, 11) is -2.47. The second kappa shape index (κ2) is 20.3. The quantitative estimate of drug-likeness (QED) is 0.105. The predicted molar refractivity (Wildman–Crippen MR) is 208 cm³/mol. The fourth-order valence-corrected chi connectivity index (χ4v) is 10.0. The monoisotopic (exact) mass is 845 g/mol. The zero-order valence-corrected chi connectivity index (χ0v) is 36.0. The van der Waals surface area contributed by atoms with E-state index in [9.17, 15) is 27.6 Å². The van der Waals surface area contributed by atoms with Gasteiger partial charge < -0.3 is 18.6 Å². The first-order valence-corrected chi connectivity index (χ1v) is 22.4. The number of carbonyl (C=O) groups is 3. The summed E-state index contributed by atoms with van der Waals surface area (Å²) in [5.74, 6) is -2.63. The largest absolute Gasteiger partial charge is 0.508 e. The minimum atomic E-state index is -4.66. The van der Waals surface area contributed by atoms with Crippen molar-refractivity contribution in [3.8, 4) is 0 Å². The molecule has 1 aliphatic rings. The van der Waals surface area contributed by atoms with E-state index in [4.69, 9.17) is 53.4 Å². The Morgan fingerprint density at radius 2 is 1.72 bits per heavy atom. The molecule has 0 saturated carbocycles. The minimum Gasteiger partial charge on any atom is -0.457 e. The van der Waals surface area contributed by atoms with Crippen LogP contribution in [0.3, 0.4) is 0 Å². The van der Waals surface area contributed by atoms with Gasteiger partial charge in [-0.15, -0.1) is 11.3 Å². The summed E-state index contributed by atoms with van der Waals surface area (Å²) in [5.41, 5.74) is -1.03. The highest BCUT2D eigenvalue weighted by molar-refractivity contribution is 7.09. The molecule has 0 fully saturated rings. The number of cyclic esters (lactones) is 1. The number of ether oxygens (including phenoxy) is 3. The van der Waals surface area contributed by atoms with Gasteiger partial charge in [-0.25, -0.2) is 9.78 Å². The molecule has 1 aliphatic heterocycles. The molecule has 0 radical (unpaired) electrons. The van der Waals surface area contributed by atoms with Crippen molar-refractivity contribution in [3.05, 3.63) is 45.5 Å². The summed E-state index contributed by atoms with van der Waals surface area (Å²) in [4.78, 5) is 45.7. The Bertz CT molecular complexity index is 1480. The molecule has 0 aliphatic carbocycles. The van der Waals surface area contributed by atoms with E-state index in [0.29, 0.717) is 11.3 Å². The van der Waals surface area contributed by atoms with Crippen LogP contribution in [0.4, 0.5) is 18.0 Å². The molecule has 0 saturated heterocycles. The minimum absolute atomic E-state index is 0.155. The highest BCUT2D eigenvalue weighted by atomic mass is 35.6. The van der Waals surface area contributed by atoms with E-state index >= 15 is 0 Å². The van der Waals surface area contributed by atoms with Crippen molar-refractivity contribution in [2.24, 2.45) is 17.3 Å².